The van der Waals surface area contributed by atoms with E-state index in [9.17, 15) is 9.59 Å². The van der Waals surface area contributed by atoms with Crippen LogP contribution in [0.15, 0.2) is 60.8 Å². The summed E-state index contributed by atoms with van der Waals surface area (Å²) < 4.78 is 5.15. The molecule has 0 unspecified atom stereocenters. The number of aromatic nitrogens is 1. The molecule has 5 nitrogen and oxygen atoms in total. The third-order valence-electron chi connectivity index (χ3n) is 5.05. The molecular weight excluding hydrogens is 388 g/mol. The topological polar surface area (TPSA) is 68.3 Å². The third-order valence-corrected chi connectivity index (χ3v) is 5.05. The number of fused-ring (bicyclic) bond motifs is 1. The maximum Gasteiger partial charge on any atom is 0.331 e. The van der Waals surface area contributed by atoms with Gasteiger partial charge < -0.3 is 10.1 Å². The first-order valence-corrected chi connectivity index (χ1v) is 10.5. The first-order chi connectivity index (χ1) is 14.9. The fourth-order valence-corrected chi connectivity index (χ4v) is 3.48. The monoisotopic (exact) mass is 416 g/mol. The zero-order valence-corrected chi connectivity index (χ0v) is 18.4. The zero-order valence-electron chi connectivity index (χ0n) is 18.4. The molecule has 3 aromatic rings. The maximum absolute atomic E-state index is 12.5. The number of benzene rings is 2. The van der Waals surface area contributed by atoms with E-state index in [0.29, 0.717) is 0 Å². The number of rotatable bonds is 7. The number of esters is 1. The molecule has 0 aliphatic heterocycles. The number of hydrogen-bond acceptors (Lipinski definition) is 4. The summed E-state index contributed by atoms with van der Waals surface area (Å²) in [5.74, 6) is -0.421. The van der Waals surface area contributed by atoms with Gasteiger partial charge in [0.15, 0.2) is 6.61 Å². The number of ether oxygens (including phenoxy) is 1. The van der Waals surface area contributed by atoms with Crippen LogP contribution in [-0.2, 0) is 14.3 Å². The number of nitrogens with zero attached hydrogens (tertiary/aromatic N) is 1. The van der Waals surface area contributed by atoms with Gasteiger partial charge in [0, 0.05) is 28.9 Å². The predicted molar refractivity (Wildman–Crippen MR) is 125 cm³/mol. The quantitative estimate of drug-likeness (QED) is 0.398. The maximum atomic E-state index is 12.5. The molecule has 0 atom stereocenters. The van der Waals surface area contributed by atoms with Crippen LogP contribution in [0.4, 0.5) is 5.69 Å². The van der Waals surface area contributed by atoms with Crippen LogP contribution in [-0.4, -0.2) is 23.5 Å². The third kappa shape index (κ3) is 5.57. The number of pyridine rings is 1. The molecule has 1 heterocycles. The summed E-state index contributed by atoms with van der Waals surface area (Å²) in [4.78, 5) is 29.0. The Bertz CT molecular complexity index is 1090. The van der Waals surface area contributed by atoms with E-state index in [1.54, 1.807) is 12.3 Å². The summed E-state index contributed by atoms with van der Waals surface area (Å²) in [7, 11) is 0. The highest BCUT2D eigenvalue weighted by molar-refractivity contribution is 5.97. The van der Waals surface area contributed by atoms with Gasteiger partial charge in [-0.05, 0) is 35.1 Å². The number of hydrogen-bond donors (Lipinski definition) is 1. The number of carbonyl (C=O) groups excluding carboxylic acids is 2. The largest absolute Gasteiger partial charge is 0.452 e. The first-order valence-electron chi connectivity index (χ1n) is 10.5. The van der Waals surface area contributed by atoms with E-state index in [-0.39, 0.29) is 24.3 Å². The van der Waals surface area contributed by atoms with Gasteiger partial charge in [0.2, 0.25) is 0 Å². The number of carbonyl (C=O) groups is 2. The minimum absolute atomic E-state index is 0.258. The molecule has 1 N–H and O–H groups in total. The van der Waals surface area contributed by atoms with Crippen molar-refractivity contribution in [3.8, 4) is 0 Å². The molecule has 31 heavy (non-hydrogen) atoms. The Morgan fingerprint density at radius 1 is 0.968 bits per heavy atom. The summed E-state index contributed by atoms with van der Waals surface area (Å²) in [6.07, 6.45) is 4.68. The lowest BCUT2D eigenvalue weighted by molar-refractivity contribution is -0.142. The van der Waals surface area contributed by atoms with E-state index >= 15 is 0 Å². The molecule has 0 spiro atoms. The Balaban J connectivity index is 1.65. The van der Waals surface area contributed by atoms with Crippen LogP contribution in [0.3, 0.4) is 0 Å². The van der Waals surface area contributed by atoms with E-state index in [0.717, 1.165) is 33.3 Å². The van der Waals surface area contributed by atoms with Crippen LogP contribution in [0.2, 0.25) is 0 Å². The van der Waals surface area contributed by atoms with Gasteiger partial charge in [0.05, 0.1) is 5.52 Å². The first kappa shape index (κ1) is 22.2. The van der Waals surface area contributed by atoms with Crippen LogP contribution in [0.1, 0.15) is 56.2 Å². The van der Waals surface area contributed by atoms with Gasteiger partial charge in [-0.3, -0.25) is 9.78 Å². The van der Waals surface area contributed by atoms with Gasteiger partial charge >= 0.3 is 5.97 Å². The van der Waals surface area contributed by atoms with E-state index < -0.39 is 5.97 Å². The number of nitrogens with one attached hydrogen (secondary N) is 1. The molecule has 0 aliphatic carbocycles. The molecule has 160 valence electrons. The smallest absolute Gasteiger partial charge is 0.331 e. The van der Waals surface area contributed by atoms with Crippen molar-refractivity contribution in [2.75, 3.05) is 11.9 Å². The summed E-state index contributed by atoms with van der Waals surface area (Å²) >= 11 is 0. The second-order valence-electron chi connectivity index (χ2n) is 8.03. The fraction of sp³-hybridized carbons (Fsp3) is 0.269. The van der Waals surface area contributed by atoms with E-state index in [2.05, 4.69) is 38.0 Å². The minimum Gasteiger partial charge on any atom is -0.452 e. The Kier molecular flexibility index (Phi) is 7.19. The van der Waals surface area contributed by atoms with Gasteiger partial charge in [-0.1, -0.05) is 70.2 Å². The molecule has 0 saturated heterocycles. The molecule has 1 aromatic heterocycles. The van der Waals surface area contributed by atoms with Crippen LogP contribution < -0.4 is 5.32 Å². The van der Waals surface area contributed by atoms with Crippen molar-refractivity contribution in [1.82, 2.24) is 4.98 Å². The van der Waals surface area contributed by atoms with Gasteiger partial charge in [-0.25, -0.2) is 4.79 Å². The standard InChI is InChI=1S/C26H28N2O3/c1-17(2)21-11-6-12-22(18(3)4)26(21)28-23(29)16-31-24(30)14-13-20-9-5-8-19-10-7-15-27-25(19)20/h5-15,17-18H,16H2,1-4H3,(H,28,29)/b14-13+. The van der Waals surface area contributed by atoms with Crippen LogP contribution in [0.5, 0.6) is 0 Å². The molecule has 0 bridgehead atoms. The van der Waals surface area contributed by atoms with Crippen molar-refractivity contribution in [1.29, 1.82) is 0 Å². The second kappa shape index (κ2) is 10.0. The zero-order chi connectivity index (χ0) is 22.4. The molecule has 0 fully saturated rings. The van der Waals surface area contributed by atoms with Crippen LogP contribution in [0, 0.1) is 0 Å². The SMILES string of the molecule is CC(C)c1cccc(C(C)C)c1NC(=O)COC(=O)/C=C/c1cccc2cccnc12. The van der Waals surface area contributed by atoms with Gasteiger partial charge in [-0.2, -0.15) is 0 Å². The molecule has 5 heteroatoms. The molecule has 2 aromatic carbocycles. The molecule has 1 amide bonds. The van der Waals surface area contributed by atoms with Gasteiger partial charge in [-0.15, -0.1) is 0 Å². The Labute approximate surface area is 183 Å². The van der Waals surface area contributed by atoms with E-state index in [1.807, 2.05) is 48.5 Å². The highest BCUT2D eigenvalue weighted by atomic mass is 16.5. The van der Waals surface area contributed by atoms with Crippen molar-refractivity contribution >= 4 is 34.5 Å². The molecule has 0 saturated carbocycles. The molecular formula is C26H28N2O3. The minimum atomic E-state index is -0.579. The normalized spacial score (nSPS) is 11.4. The van der Waals surface area contributed by atoms with E-state index in [1.165, 1.54) is 6.08 Å². The highest BCUT2D eigenvalue weighted by Crippen LogP contribution is 2.32. The average Bonchev–Trinajstić information content (AvgIpc) is 2.76. The lowest BCUT2D eigenvalue weighted by Crippen LogP contribution is -2.22. The highest BCUT2D eigenvalue weighted by Gasteiger charge is 2.16. The van der Waals surface area contributed by atoms with Crippen LogP contribution in [0.25, 0.3) is 17.0 Å². The molecule has 0 radical (unpaired) electrons. The molecule has 0 aliphatic rings. The number of anilines is 1. The average molecular weight is 417 g/mol. The second-order valence-corrected chi connectivity index (χ2v) is 8.03. The summed E-state index contributed by atoms with van der Waals surface area (Å²) in [5.41, 5.74) is 4.56. The van der Waals surface area contributed by atoms with Crippen molar-refractivity contribution < 1.29 is 14.3 Å². The summed E-state index contributed by atoms with van der Waals surface area (Å²) in [6.45, 7) is 8.00. The van der Waals surface area contributed by atoms with E-state index in [4.69, 9.17) is 4.74 Å². The number of amides is 1. The van der Waals surface area contributed by atoms with Crippen molar-refractivity contribution in [3.63, 3.8) is 0 Å². The van der Waals surface area contributed by atoms with Crippen molar-refractivity contribution in [3.05, 3.63) is 77.5 Å². The van der Waals surface area contributed by atoms with Gasteiger partial charge in [0.25, 0.3) is 5.91 Å². The molecule has 3 rings (SSSR count). The Hall–Kier alpha value is -3.47. The number of para-hydroxylation sites is 2. The Morgan fingerprint density at radius 3 is 2.29 bits per heavy atom. The van der Waals surface area contributed by atoms with Gasteiger partial charge in [0.1, 0.15) is 0 Å². The van der Waals surface area contributed by atoms with Crippen LogP contribution >= 0.6 is 0 Å². The summed E-state index contributed by atoms with van der Waals surface area (Å²) in [5, 5.41) is 3.93. The summed E-state index contributed by atoms with van der Waals surface area (Å²) in [6, 6.07) is 15.6. The lowest BCUT2D eigenvalue weighted by Gasteiger charge is -2.20. The van der Waals surface area contributed by atoms with Crippen molar-refractivity contribution in [2.24, 2.45) is 0 Å². The lowest BCUT2D eigenvalue weighted by atomic mass is 9.92. The Morgan fingerprint density at radius 2 is 1.61 bits per heavy atom. The van der Waals surface area contributed by atoms with Crippen molar-refractivity contribution in [2.45, 2.75) is 39.5 Å². The predicted octanol–water partition coefficient (Wildman–Crippen LogP) is 5.68. The fourth-order valence-electron chi connectivity index (χ4n) is 3.48.